The number of allylic oxidation sites excluding steroid dienone is 2. The van der Waals surface area contributed by atoms with E-state index in [2.05, 4.69) is 64.9 Å². The van der Waals surface area contributed by atoms with E-state index in [1.165, 1.54) is 115 Å². The molecule has 96 heavy (non-hydrogen) atoms. The van der Waals surface area contributed by atoms with Crippen LogP contribution in [0.1, 0.15) is 300 Å². The Bertz CT molecular complexity index is 2030. The molecule has 2 aliphatic heterocycles. The number of carbonyl (C=O) groups excluding carboxylic acids is 2. The van der Waals surface area contributed by atoms with Gasteiger partial charge in [-0.15, -0.1) is 13.2 Å². The molecule has 3 N–H and O–H groups in total. The van der Waals surface area contributed by atoms with Crippen LogP contribution in [0.5, 0.6) is 0 Å². The highest BCUT2D eigenvalue weighted by Crippen LogP contribution is 2.53. The number of amides is 1. The summed E-state index contributed by atoms with van der Waals surface area (Å²) in [5, 5.41) is 29.1. The van der Waals surface area contributed by atoms with Gasteiger partial charge in [0, 0.05) is 35.2 Å². The van der Waals surface area contributed by atoms with Crippen molar-refractivity contribution in [3.8, 4) is 0 Å². The quantitative estimate of drug-likeness (QED) is 0.0223. The van der Waals surface area contributed by atoms with E-state index < -0.39 is 101 Å². The predicted molar refractivity (Wildman–Crippen MR) is 386 cm³/mol. The van der Waals surface area contributed by atoms with Gasteiger partial charge in [-0.3, -0.25) is 18.4 Å². The zero-order chi connectivity index (χ0) is 71.8. The fourth-order valence-electron chi connectivity index (χ4n) is 12.4. The van der Waals surface area contributed by atoms with Gasteiger partial charge in [0.15, 0.2) is 12.6 Å². The highest BCUT2D eigenvalue weighted by Gasteiger charge is 2.58. The minimum absolute atomic E-state index is 0.0906. The summed E-state index contributed by atoms with van der Waals surface area (Å²) in [6, 6.07) is -1.22. The molecule has 2 aliphatic rings. The summed E-state index contributed by atoms with van der Waals surface area (Å²) >= 11 is 0. The first-order valence-corrected chi connectivity index (χ1v) is 39.7. The average molecular weight is 1390 g/mol. The number of esters is 1. The number of carbonyl (C=O) groups is 2. The highest BCUT2D eigenvalue weighted by molar-refractivity contribution is 7.48. The van der Waals surface area contributed by atoms with Gasteiger partial charge in [-0.1, -0.05) is 270 Å². The molecule has 2 saturated heterocycles. The average Bonchev–Trinajstić information content (AvgIpc) is 0.754. The second-order valence-electron chi connectivity index (χ2n) is 26.5. The Balaban J connectivity index is 2.71. The van der Waals surface area contributed by atoms with Crippen LogP contribution >= 0.6 is 7.82 Å². The Morgan fingerprint density at radius 3 is 1.60 bits per heavy atom. The summed E-state index contributed by atoms with van der Waals surface area (Å²) < 4.78 is 108. The lowest BCUT2D eigenvalue weighted by molar-refractivity contribution is -0.356. The van der Waals surface area contributed by atoms with Crippen molar-refractivity contribution in [2.75, 3.05) is 67.1 Å². The van der Waals surface area contributed by atoms with E-state index in [4.69, 9.17) is 56.2 Å². The third kappa shape index (κ3) is 40.9. The smallest absolute Gasteiger partial charge is 0.460 e. The number of hydrogen-bond donors (Lipinski definition) is 3. The number of rotatable bonds is 68. The first-order chi connectivity index (χ1) is 47.7. The predicted octanol–water partition coefficient (Wildman–Crippen LogP) is 18.1. The second kappa shape index (κ2) is 60.2. The van der Waals surface area contributed by atoms with Gasteiger partial charge in [-0.05, 0) is 57.8 Å². The summed E-state index contributed by atoms with van der Waals surface area (Å²) in [4.78, 5) is 27.8. The van der Waals surface area contributed by atoms with Crippen molar-refractivity contribution < 1.29 is 83.3 Å². The minimum atomic E-state index is -4.49. The molecular formula is C77H142NO17P. The molecule has 0 aromatic carbocycles. The summed E-state index contributed by atoms with van der Waals surface area (Å²) in [6.45, 7) is 16.9. The van der Waals surface area contributed by atoms with Gasteiger partial charge >= 0.3 is 13.8 Å². The van der Waals surface area contributed by atoms with E-state index in [0.717, 1.165) is 128 Å². The van der Waals surface area contributed by atoms with Crippen LogP contribution in [0.15, 0.2) is 50.1 Å². The number of hydrogen-bond acceptors (Lipinski definition) is 17. The number of nitrogens with one attached hydrogen (secondary N) is 1. The molecule has 1 amide bonds. The fraction of sp³-hybridized carbons (Fsp3) is 0.870. The zero-order valence-corrected chi connectivity index (χ0v) is 62.2. The monoisotopic (exact) mass is 1390 g/mol. The molecule has 2 rings (SSSR count). The Hall–Kier alpha value is -2.39. The number of methoxy groups -OCH3 is 2. The van der Waals surface area contributed by atoms with Crippen LogP contribution in [-0.4, -0.2) is 156 Å². The van der Waals surface area contributed by atoms with Gasteiger partial charge in [-0.25, -0.2) is 9.36 Å². The summed E-state index contributed by atoms with van der Waals surface area (Å²) in [7, 11) is -1.35. The third-order valence-corrected chi connectivity index (χ3v) is 19.5. The molecule has 0 aliphatic carbocycles. The zero-order valence-electron chi connectivity index (χ0n) is 63.3. The molecule has 0 saturated carbocycles. The number of aliphatic hydroxyl groups excluding tert-OH is 1. The number of unbranched alkanes of at least 4 members (excludes halogenated alkanes) is 31. The topological polar surface area (TPSA) is 214 Å². The van der Waals surface area contributed by atoms with E-state index in [9.17, 15) is 27.1 Å². The lowest BCUT2D eigenvalue weighted by Crippen LogP contribution is -2.69. The standard InChI is InChI=1S/C77H142NO17P/c1-10-17-21-25-28-31-34-35-36-37-38-39-42-46-50-54-68(79)78-70-73(87-61-55-65(85-9)53-49-45-24-20-13-4)72(95-96(83,91-58-15-6)92-59-16-7)67(62-84-8)93-75(70)89-63-66-71(81)74(88-60-52-48-44-41-33-30-27-23-19-12-3)77(82,76(94-66)90-64-69(80)86-57-14-5)56-51-47-43-40-32-29-26-22-18-11-2/h14-16,35-36,65-67,70-76,81-82H,5-7,10-13,17-34,37-64H2,1-4,8-9H3,(H,78,79)/b36-35-/t65-,66-,67-,70-,71-,72-,73-,74+,75-,76?,77-/m1/s1/i56D,60D/t56?,60?,65-,66-,67-,70-,71-,72-,73-,74+,75-,76?,77-. The SMILES string of the molecule is [2H]C(CCCCCCCCCCC)O[C@H]1[C@H](O)[C@@H](CO[C@@H]2O[C@H](COC)[C@@H](OP(=O)(OCC=C)OCC=C)[C@H](OCC[C@@H](CCCCCCC)OC)[C@H]2NC(=O)CCCCCCC/C=C\CCCCCCCC)OC(OCC(=O)OCC=C)[C@@]1(O)C([2H])CCCCCCCCCCC. The number of phosphoric ester groups is 1. The van der Waals surface area contributed by atoms with Crippen LogP contribution in [0.4, 0.5) is 0 Å². The summed E-state index contributed by atoms with van der Waals surface area (Å²) in [5.74, 6) is -1.14. The fourth-order valence-corrected chi connectivity index (χ4v) is 13.7. The Morgan fingerprint density at radius 2 is 1.08 bits per heavy atom. The molecule has 13 atom stereocenters. The lowest BCUT2D eigenvalue weighted by atomic mass is 9.82. The number of phosphoric acid groups is 1. The van der Waals surface area contributed by atoms with Gasteiger partial charge < -0.3 is 58.2 Å². The van der Waals surface area contributed by atoms with Crippen LogP contribution in [0.25, 0.3) is 0 Å². The number of ether oxygens (including phenoxy) is 9. The van der Waals surface area contributed by atoms with Gasteiger partial charge in [0.2, 0.25) is 5.91 Å². The second-order valence-corrected chi connectivity index (χ2v) is 28.1. The molecule has 0 aromatic heterocycles. The van der Waals surface area contributed by atoms with Gasteiger partial charge in [0.05, 0.1) is 33.9 Å². The molecule has 2 fully saturated rings. The molecule has 3 unspecified atom stereocenters. The van der Waals surface area contributed by atoms with Crippen molar-refractivity contribution in [1.29, 1.82) is 0 Å². The van der Waals surface area contributed by atoms with Crippen LogP contribution in [0.2, 0.25) is 0 Å². The van der Waals surface area contributed by atoms with Crippen molar-refractivity contribution in [3.05, 3.63) is 50.1 Å². The van der Waals surface area contributed by atoms with Crippen molar-refractivity contribution >= 4 is 19.7 Å². The van der Waals surface area contributed by atoms with Gasteiger partial charge in [0.1, 0.15) is 61.5 Å². The molecule has 562 valence electrons. The molecule has 18 nitrogen and oxygen atoms in total. The first-order valence-electron chi connectivity index (χ1n) is 39.4. The molecule has 0 bridgehead atoms. The van der Waals surface area contributed by atoms with Crippen LogP contribution in [0.3, 0.4) is 0 Å². The Morgan fingerprint density at radius 1 is 0.583 bits per heavy atom. The van der Waals surface area contributed by atoms with Crippen molar-refractivity contribution in [2.45, 2.75) is 364 Å². The summed E-state index contributed by atoms with van der Waals surface area (Å²) in [5.41, 5.74) is -2.42. The van der Waals surface area contributed by atoms with Gasteiger partial charge in [-0.2, -0.15) is 0 Å². The Labute approximate surface area is 587 Å². The van der Waals surface area contributed by atoms with E-state index in [1.807, 2.05) is 0 Å². The normalized spacial score (nSPS) is 23.5. The van der Waals surface area contributed by atoms with E-state index in [1.54, 1.807) is 7.11 Å². The third-order valence-electron chi connectivity index (χ3n) is 18.0. The molecule has 0 spiro atoms. The van der Waals surface area contributed by atoms with E-state index >= 15 is 0 Å². The van der Waals surface area contributed by atoms with Crippen LogP contribution < -0.4 is 5.32 Å². The molecule has 2 heterocycles. The Kier molecular flexibility index (Phi) is 54.0. The van der Waals surface area contributed by atoms with Crippen molar-refractivity contribution in [3.63, 3.8) is 0 Å². The molecule has 0 aromatic rings. The first kappa shape index (κ1) is 86.0. The van der Waals surface area contributed by atoms with Gasteiger partial charge in [0.25, 0.3) is 0 Å². The van der Waals surface area contributed by atoms with E-state index in [-0.39, 0.29) is 64.3 Å². The highest BCUT2D eigenvalue weighted by atomic mass is 31.2. The largest absolute Gasteiger partial charge is 0.475 e. The van der Waals surface area contributed by atoms with Crippen LogP contribution in [0, 0.1) is 0 Å². The summed E-state index contributed by atoms with van der Waals surface area (Å²) in [6.07, 6.45) is 35.9. The van der Waals surface area contributed by atoms with Crippen LogP contribution in [-0.2, 0) is 70.4 Å². The maximum atomic E-state index is 14.7. The lowest BCUT2D eigenvalue weighted by Gasteiger charge is -2.50. The van der Waals surface area contributed by atoms with Crippen molar-refractivity contribution in [2.24, 2.45) is 0 Å². The molecule has 0 radical (unpaired) electrons. The maximum Gasteiger partial charge on any atom is 0.475 e. The van der Waals surface area contributed by atoms with E-state index in [0.29, 0.717) is 25.7 Å². The molecular weight excluding hydrogens is 1240 g/mol. The molecule has 19 heteroatoms. The maximum absolute atomic E-state index is 14.7. The number of aliphatic hydroxyl groups is 2. The van der Waals surface area contributed by atoms with Crippen molar-refractivity contribution in [1.82, 2.24) is 5.32 Å². The minimum Gasteiger partial charge on any atom is -0.460 e.